The summed E-state index contributed by atoms with van der Waals surface area (Å²) in [6.45, 7) is 1.61. The molecule has 2 aromatic carbocycles. The van der Waals surface area contributed by atoms with Crippen LogP contribution in [0.25, 0.3) is 0 Å². The van der Waals surface area contributed by atoms with E-state index in [1.165, 1.54) is 0 Å². The predicted molar refractivity (Wildman–Crippen MR) is 113 cm³/mol. The molecular weight excluding hydrogens is 434 g/mol. The van der Waals surface area contributed by atoms with Crippen LogP contribution in [0.5, 0.6) is 0 Å². The number of rotatable bonds is 4. The molecule has 2 aromatic rings. The Morgan fingerprint density at radius 2 is 1.76 bits per heavy atom. The average molecular weight is 456 g/mol. The van der Waals surface area contributed by atoms with Crippen molar-refractivity contribution in [3.05, 3.63) is 82.0 Å². The van der Waals surface area contributed by atoms with E-state index in [-0.39, 0.29) is 11.8 Å². The minimum atomic E-state index is -0.546. The number of hydrogen-bond donors (Lipinski definition) is 2. The summed E-state index contributed by atoms with van der Waals surface area (Å²) in [5.74, 6) is -0.179. The molecule has 1 fully saturated rings. The Balaban J connectivity index is 1.33. The van der Waals surface area contributed by atoms with E-state index < -0.39 is 5.60 Å². The van der Waals surface area contributed by atoms with Gasteiger partial charge >= 0.3 is 0 Å². The quantitative estimate of drug-likeness (QED) is 0.742. The Morgan fingerprint density at radius 3 is 2.45 bits per heavy atom. The largest absolute Gasteiger partial charge is 0.347 e. The van der Waals surface area contributed by atoms with Crippen molar-refractivity contribution >= 4 is 27.7 Å². The third-order valence-electron chi connectivity index (χ3n) is 5.30. The molecule has 4 rings (SSSR count). The average Bonchev–Trinajstić information content (AvgIpc) is 3.17. The zero-order valence-corrected chi connectivity index (χ0v) is 17.4. The minimum Gasteiger partial charge on any atom is -0.347 e. The van der Waals surface area contributed by atoms with E-state index in [2.05, 4.69) is 26.7 Å². The standard InChI is InChI=1S/C22H22BrN3O3/c23-18-8-6-17(7-9-18)21(28)26-12-10-22(11-13-26)14-19(25-29-22)20(27)24-15-16-4-2-1-3-5-16/h1-9,14,25H,10-13,15H2,(H,24,27). The number of amides is 2. The highest BCUT2D eigenvalue weighted by molar-refractivity contribution is 9.10. The molecule has 6 nitrogen and oxygen atoms in total. The summed E-state index contributed by atoms with van der Waals surface area (Å²) in [6.07, 6.45) is 3.13. The van der Waals surface area contributed by atoms with Gasteiger partial charge in [0, 0.05) is 42.5 Å². The lowest BCUT2D eigenvalue weighted by atomic mass is 9.90. The van der Waals surface area contributed by atoms with Crippen molar-refractivity contribution in [3.63, 3.8) is 0 Å². The summed E-state index contributed by atoms with van der Waals surface area (Å²) in [5.41, 5.74) is 4.36. The van der Waals surface area contributed by atoms with E-state index in [0.29, 0.717) is 43.7 Å². The molecule has 0 saturated carbocycles. The summed E-state index contributed by atoms with van der Waals surface area (Å²) in [7, 11) is 0. The van der Waals surface area contributed by atoms with Crippen LogP contribution < -0.4 is 10.8 Å². The number of nitrogens with one attached hydrogen (secondary N) is 2. The van der Waals surface area contributed by atoms with Crippen LogP contribution >= 0.6 is 15.9 Å². The van der Waals surface area contributed by atoms with E-state index in [4.69, 9.17) is 4.84 Å². The summed E-state index contributed by atoms with van der Waals surface area (Å²) in [6, 6.07) is 17.1. The number of benzene rings is 2. The second-order valence-corrected chi connectivity index (χ2v) is 8.21. The smallest absolute Gasteiger partial charge is 0.269 e. The van der Waals surface area contributed by atoms with Crippen molar-refractivity contribution in [2.75, 3.05) is 13.1 Å². The summed E-state index contributed by atoms with van der Waals surface area (Å²) in [4.78, 5) is 32.7. The topological polar surface area (TPSA) is 70.7 Å². The third kappa shape index (κ3) is 4.52. The first-order valence-electron chi connectivity index (χ1n) is 9.59. The van der Waals surface area contributed by atoms with Crippen LogP contribution in [0.1, 0.15) is 28.8 Å². The molecule has 1 saturated heterocycles. The molecule has 29 heavy (non-hydrogen) atoms. The number of hydrogen-bond acceptors (Lipinski definition) is 4. The summed E-state index contributed by atoms with van der Waals surface area (Å²) in [5, 5.41) is 2.90. The maximum Gasteiger partial charge on any atom is 0.269 e. The molecule has 0 aliphatic carbocycles. The molecule has 1 spiro atoms. The first-order valence-corrected chi connectivity index (χ1v) is 10.4. The normalized spacial score (nSPS) is 17.6. The van der Waals surface area contributed by atoms with Gasteiger partial charge in [0.2, 0.25) is 0 Å². The van der Waals surface area contributed by atoms with Crippen LogP contribution in [0, 0.1) is 0 Å². The number of halogens is 1. The molecule has 2 aliphatic heterocycles. The van der Waals surface area contributed by atoms with Crippen LogP contribution in [-0.2, 0) is 16.2 Å². The molecule has 2 aliphatic rings. The highest BCUT2D eigenvalue weighted by Crippen LogP contribution is 2.32. The Kier molecular flexibility index (Phi) is 5.69. The van der Waals surface area contributed by atoms with Gasteiger partial charge in [-0.2, -0.15) is 0 Å². The maximum absolute atomic E-state index is 12.7. The molecule has 2 N–H and O–H groups in total. The minimum absolute atomic E-state index is 0.0168. The van der Waals surface area contributed by atoms with Crippen LogP contribution in [0.15, 0.2) is 70.8 Å². The van der Waals surface area contributed by atoms with Crippen LogP contribution in [0.2, 0.25) is 0 Å². The van der Waals surface area contributed by atoms with E-state index in [1.807, 2.05) is 65.6 Å². The molecule has 0 bridgehead atoms. The SMILES string of the molecule is O=C(NCc1ccccc1)C1=CC2(CCN(C(=O)c3ccc(Br)cc3)CC2)ON1. The summed E-state index contributed by atoms with van der Waals surface area (Å²) < 4.78 is 0.945. The van der Waals surface area contributed by atoms with Gasteiger partial charge in [-0.3, -0.25) is 19.9 Å². The molecule has 0 radical (unpaired) electrons. The first kappa shape index (κ1) is 19.7. The fourth-order valence-electron chi connectivity index (χ4n) is 3.57. The van der Waals surface area contributed by atoms with Gasteiger partial charge in [-0.1, -0.05) is 46.3 Å². The molecule has 0 atom stereocenters. The Labute approximate surface area is 178 Å². The van der Waals surface area contributed by atoms with Crippen molar-refractivity contribution < 1.29 is 14.4 Å². The first-order chi connectivity index (χ1) is 14.0. The second-order valence-electron chi connectivity index (χ2n) is 7.29. The predicted octanol–water partition coefficient (Wildman–Crippen LogP) is 3.16. The second kappa shape index (κ2) is 8.39. The van der Waals surface area contributed by atoms with Gasteiger partial charge < -0.3 is 10.2 Å². The molecular formula is C22H22BrN3O3. The molecule has 0 aromatic heterocycles. The number of carbonyl (C=O) groups excluding carboxylic acids is 2. The maximum atomic E-state index is 12.7. The van der Waals surface area contributed by atoms with Gasteiger partial charge in [-0.05, 0) is 35.9 Å². The van der Waals surface area contributed by atoms with Gasteiger partial charge in [-0.25, -0.2) is 0 Å². The van der Waals surface area contributed by atoms with E-state index in [1.54, 1.807) is 0 Å². The van der Waals surface area contributed by atoms with Gasteiger partial charge in [0.05, 0.1) is 0 Å². The number of nitrogens with zero attached hydrogens (tertiary/aromatic N) is 1. The zero-order valence-electron chi connectivity index (χ0n) is 15.9. The lowest BCUT2D eigenvalue weighted by Crippen LogP contribution is -2.46. The third-order valence-corrected chi connectivity index (χ3v) is 5.83. The fourth-order valence-corrected chi connectivity index (χ4v) is 3.84. The number of likely N-dealkylation sites (tertiary alicyclic amines) is 1. The molecule has 0 unspecified atom stereocenters. The highest BCUT2D eigenvalue weighted by Gasteiger charge is 2.41. The van der Waals surface area contributed by atoms with Crippen LogP contribution in [-0.4, -0.2) is 35.4 Å². The monoisotopic (exact) mass is 455 g/mol. The van der Waals surface area contributed by atoms with Crippen LogP contribution in [0.3, 0.4) is 0 Å². The Morgan fingerprint density at radius 1 is 1.07 bits per heavy atom. The molecule has 150 valence electrons. The van der Waals surface area contributed by atoms with Crippen LogP contribution in [0.4, 0.5) is 0 Å². The molecule has 7 heteroatoms. The van der Waals surface area contributed by atoms with E-state index >= 15 is 0 Å². The Bertz CT molecular complexity index is 920. The van der Waals surface area contributed by atoms with Crippen molar-refractivity contribution in [1.29, 1.82) is 0 Å². The van der Waals surface area contributed by atoms with Gasteiger partial charge in [-0.15, -0.1) is 0 Å². The van der Waals surface area contributed by atoms with Crippen molar-refractivity contribution in [2.45, 2.75) is 25.0 Å². The fraction of sp³-hybridized carbons (Fsp3) is 0.273. The molecule has 2 amide bonds. The van der Waals surface area contributed by atoms with Gasteiger partial charge in [0.1, 0.15) is 11.3 Å². The van der Waals surface area contributed by atoms with Gasteiger partial charge in [0.25, 0.3) is 11.8 Å². The zero-order chi connectivity index (χ0) is 20.3. The lowest BCUT2D eigenvalue weighted by molar-refractivity contribution is -0.120. The number of carbonyl (C=O) groups is 2. The number of hydroxylamine groups is 1. The van der Waals surface area contributed by atoms with Gasteiger partial charge in [0.15, 0.2) is 0 Å². The van der Waals surface area contributed by atoms with E-state index in [9.17, 15) is 9.59 Å². The van der Waals surface area contributed by atoms with Crippen molar-refractivity contribution in [1.82, 2.24) is 15.7 Å². The Hall–Kier alpha value is -2.64. The van der Waals surface area contributed by atoms with E-state index in [0.717, 1.165) is 10.0 Å². The lowest BCUT2D eigenvalue weighted by Gasteiger charge is -2.36. The van der Waals surface area contributed by atoms with Crippen molar-refractivity contribution in [3.8, 4) is 0 Å². The van der Waals surface area contributed by atoms with Crippen molar-refractivity contribution in [2.24, 2.45) is 0 Å². The molecule has 2 heterocycles. The highest BCUT2D eigenvalue weighted by atomic mass is 79.9. The summed E-state index contributed by atoms with van der Waals surface area (Å²) >= 11 is 3.39. The number of piperidine rings is 1.